The quantitative estimate of drug-likeness (QED) is 0.761. The predicted octanol–water partition coefficient (Wildman–Crippen LogP) is 1.09. The van der Waals surface area contributed by atoms with E-state index in [1.54, 1.807) is 0 Å². The second kappa shape index (κ2) is 3.95. The van der Waals surface area contributed by atoms with Crippen molar-refractivity contribution in [3.63, 3.8) is 0 Å². The van der Waals surface area contributed by atoms with Crippen LogP contribution in [0.3, 0.4) is 0 Å². The minimum absolute atomic E-state index is 0.0873. The highest BCUT2D eigenvalue weighted by Gasteiger charge is 2.16. The number of primary sulfonamides is 1. The van der Waals surface area contributed by atoms with Gasteiger partial charge in [0.25, 0.3) is 0 Å². The van der Waals surface area contributed by atoms with E-state index in [2.05, 4.69) is 0 Å². The third kappa shape index (κ3) is 3.39. The van der Waals surface area contributed by atoms with Gasteiger partial charge in [0, 0.05) is 6.07 Å². The normalized spacial score (nSPS) is 12.5. The Bertz CT molecular complexity index is 489. The van der Waals surface area contributed by atoms with Gasteiger partial charge in [-0.2, -0.15) is 0 Å². The molecule has 0 aromatic heterocycles. The molecule has 0 radical (unpaired) electrons. The number of benzene rings is 1. The molecule has 1 rings (SSSR count). The van der Waals surface area contributed by atoms with Crippen molar-refractivity contribution in [3.8, 4) is 5.75 Å². The molecule has 6 heteroatoms. The molecule has 90 valence electrons. The molecular formula is C10H16N2O3S. The van der Waals surface area contributed by atoms with Crippen LogP contribution in [0, 0.1) is 0 Å². The summed E-state index contributed by atoms with van der Waals surface area (Å²) in [5.41, 5.74) is 5.31. The first kappa shape index (κ1) is 12.8. The molecule has 0 saturated heterocycles. The number of rotatable bonds is 2. The van der Waals surface area contributed by atoms with Crippen molar-refractivity contribution >= 4 is 15.7 Å². The Morgan fingerprint density at radius 2 is 1.81 bits per heavy atom. The maximum Gasteiger partial charge on any atom is 0.240 e. The highest BCUT2D eigenvalue weighted by Crippen LogP contribution is 2.25. The van der Waals surface area contributed by atoms with E-state index in [4.69, 9.17) is 15.6 Å². The lowest BCUT2D eigenvalue weighted by atomic mass is 10.2. The molecule has 4 N–H and O–H groups in total. The molecule has 0 aliphatic heterocycles. The van der Waals surface area contributed by atoms with E-state index < -0.39 is 10.0 Å². The molecule has 0 aliphatic rings. The van der Waals surface area contributed by atoms with Gasteiger partial charge in [0.1, 0.15) is 16.2 Å². The fraction of sp³-hybridized carbons (Fsp3) is 0.400. The second-order valence-electron chi connectivity index (χ2n) is 4.46. The molecule has 0 atom stereocenters. The lowest BCUT2D eigenvalue weighted by Gasteiger charge is -2.21. The first-order valence-electron chi connectivity index (χ1n) is 4.71. The number of nitrogen functional groups attached to an aromatic ring is 1. The van der Waals surface area contributed by atoms with Gasteiger partial charge in [0.2, 0.25) is 10.0 Å². The lowest BCUT2D eigenvalue weighted by Crippen LogP contribution is -2.23. The molecule has 0 unspecified atom stereocenters. The van der Waals surface area contributed by atoms with Crippen LogP contribution in [0.1, 0.15) is 20.8 Å². The van der Waals surface area contributed by atoms with E-state index in [0.29, 0.717) is 5.75 Å². The van der Waals surface area contributed by atoms with E-state index in [1.165, 1.54) is 18.2 Å². The lowest BCUT2D eigenvalue weighted by molar-refractivity contribution is 0.131. The van der Waals surface area contributed by atoms with Crippen LogP contribution in [-0.2, 0) is 10.0 Å². The summed E-state index contributed by atoms with van der Waals surface area (Å²) >= 11 is 0. The average molecular weight is 244 g/mol. The molecule has 0 saturated carbocycles. The molecular weight excluding hydrogens is 228 g/mol. The van der Waals surface area contributed by atoms with Crippen LogP contribution in [-0.4, -0.2) is 14.0 Å². The zero-order valence-electron chi connectivity index (χ0n) is 9.52. The standard InChI is InChI=1S/C10H16N2O3S/c1-10(2,3)15-7-4-5-9(8(11)6-7)16(12,13)14/h4-6H,11H2,1-3H3,(H2,12,13,14). The van der Waals surface area contributed by atoms with Crippen LogP contribution in [0.25, 0.3) is 0 Å². The van der Waals surface area contributed by atoms with Gasteiger partial charge in [-0.3, -0.25) is 0 Å². The Labute approximate surface area is 95.4 Å². The topological polar surface area (TPSA) is 95.4 Å². The largest absolute Gasteiger partial charge is 0.488 e. The van der Waals surface area contributed by atoms with Crippen molar-refractivity contribution in [2.24, 2.45) is 5.14 Å². The highest BCUT2D eigenvalue weighted by molar-refractivity contribution is 7.89. The monoisotopic (exact) mass is 244 g/mol. The molecule has 0 amide bonds. The molecule has 1 aromatic rings. The average Bonchev–Trinajstić information content (AvgIpc) is 1.97. The van der Waals surface area contributed by atoms with Gasteiger partial charge in [-0.25, -0.2) is 13.6 Å². The van der Waals surface area contributed by atoms with Crippen LogP contribution in [0.4, 0.5) is 5.69 Å². The van der Waals surface area contributed by atoms with Gasteiger partial charge < -0.3 is 10.5 Å². The van der Waals surface area contributed by atoms with E-state index in [1.807, 2.05) is 20.8 Å². The highest BCUT2D eigenvalue weighted by atomic mass is 32.2. The Balaban J connectivity index is 3.10. The maximum atomic E-state index is 11.1. The van der Waals surface area contributed by atoms with Crippen molar-refractivity contribution in [2.75, 3.05) is 5.73 Å². The van der Waals surface area contributed by atoms with Crippen molar-refractivity contribution in [1.29, 1.82) is 0 Å². The molecule has 16 heavy (non-hydrogen) atoms. The summed E-state index contributed by atoms with van der Waals surface area (Å²) in [7, 11) is -3.77. The Kier molecular flexibility index (Phi) is 3.16. The Hall–Kier alpha value is -1.27. The summed E-state index contributed by atoms with van der Waals surface area (Å²) in [6.45, 7) is 5.66. The third-order valence-corrected chi connectivity index (χ3v) is 2.70. The van der Waals surface area contributed by atoms with Crippen LogP contribution in [0.15, 0.2) is 23.1 Å². The van der Waals surface area contributed by atoms with Crippen LogP contribution in [0.5, 0.6) is 5.75 Å². The van der Waals surface area contributed by atoms with Gasteiger partial charge in [-0.15, -0.1) is 0 Å². The van der Waals surface area contributed by atoms with Crippen molar-refractivity contribution in [1.82, 2.24) is 0 Å². The van der Waals surface area contributed by atoms with Gasteiger partial charge in [0.15, 0.2) is 0 Å². The third-order valence-electron chi connectivity index (χ3n) is 1.71. The summed E-state index contributed by atoms with van der Waals surface area (Å²) in [4.78, 5) is -0.0891. The molecule has 0 aliphatic carbocycles. The molecule has 0 heterocycles. The van der Waals surface area contributed by atoms with E-state index in [9.17, 15) is 8.42 Å². The van der Waals surface area contributed by atoms with Gasteiger partial charge in [-0.05, 0) is 32.9 Å². The predicted molar refractivity (Wildman–Crippen MR) is 62.6 cm³/mol. The number of hydrogen-bond acceptors (Lipinski definition) is 4. The van der Waals surface area contributed by atoms with E-state index in [0.717, 1.165) is 0 Å². The van der Waals surface area contributed by atoms with Crippen LogP contribution >= 0.6 is 0 Å². The molecule has 0 fully saturated rings. The summed E-state index contributed by atoms with van der Waals surface area (Å²) in [5.74, 6) is 0.511. The fourth-order valence-corrected chi connectivity index (χ4v) is 1.85. The van der Waals surface area contributed by atoms with Gasteiger partial charge in [0.05, 0.1) is 5.69 Å². The van der Waals surface area contributed by atoms with Crippen LogP contribution < -0.4 is 15.6 Å². The fourth-order valence-electron chi connectivity index (χ4n) is 1.20. The molecule has 1 aromatic carbocycles. The minimum atomic E-state index is -3.77. The van der Waals surface area contributed by atoms with E-state index >= 15 is 0 Å². The summed E-state index contributed by atoms with van der Waals surface area (Å²) in [5, 5.41) is 4.99. The Morgan fingerprint density at radius 3 is 2.19 bits per heavy atom. The summed E-state index contributed by atoms with van der Waals surface area (Å²) in [6, 6.07) is 4.32. The number of ether oxygens (including phenoxy) is 1. The smallest absolute Gasteiger partial charge is 0.240 e. The number of sulfonamides is 1. The zero-order valence-corrected chi connectivity index (χ0v) is 10.3. The van der Waals surface area contributed by atoms with Crippen molar-refractivity contribution in [2.45, 2.75) is 31.3 Å². The summed E-state index contributed by atoms with van der Waals surface area (Å²) in [6.07, 6.45) is 0. The maximum absolute atomic E-state index is 11.1. The van der Waals surface area contributed by atoms with E-state index in [-0.39, 0.29) is 16.2 Å². The van der Waals surface area contributed by atoms with Gasteiger partial charge >= 0.3 is 0 Å². The zero-order chi connectivity index (χ0) is 12.6. The van der Waals surface area contributed by atoms with Crippen molar-refractivity contribution < 1.29 is 13.2 Å². The first-order valence-corrected chi connectivity index (χ1v) is 6.25. The summed E-state index contributed by atoms with van der Waals surface area (Å²) < 4.78 is 27.7. The number of anilines is 1. The number of nitrogens with two attached hydrogens (primary N) is 2. The van der Waals surface area contributed by atoms with Crippen molar-refractivity contribution in [3.05, 3.63) is 18.2 Å². The molecule has 0 spiro atoms. The van der Waals surface area contributed by atoms with Crippen LogP contribution in [0.2, 0.25) is 0 Å². The minimum Gasteiger partial charge on any atom is -0.488 e. The first-order chi connectivity index (χ1) is 7.09. The molecule has 0 bridgehead atoms. The Morgan fingerprint density at radius 1 is 1.25 bits per heavy atom. The second-order valence-corrected chi connectivity index (χ2v) is 5.99. The SMILES string of the molecule is CC(C)(C)Oc1ccc(S(N)(=O)=O)c(N)c1. The number of hydrogen-bond donors (Lipinski definition) is 2. The molecule has 5 nitrogen and oxygen atoms in total. The van der Waals surface area contributed by atoms with Gasteiger partial charge in [-0.1, -0.05) is 0 Å².